The van der Waals surface area contributed by atoms with Gasteiger partial charge in [-0.2, -0.15) is 0 Å². The van der Waals surface area contributed by atoms with E-state index in [1.165, 1.54) is 32.0 Å². The van der Waals surface area contributed by atoms with Crippen molar-refractivity contribution in [3.05, 3.63) is 117 Å². The first-order valence-electron chi connectivity index (χ1n) is 11.5. The van der Waals surface area contributed by atoms with E-state index in [-0.39, 0.29) is 5.43 Å². The number of benzene rings is 4. The van der Waals surface area contributed by atoms with Crippen LogP contribution in [-0.2, 0) is 19.3 Å². The van der Waals surface area contributed by atoms with Gasteiger partial charge in [-0.05, 0) is 71.8 Å². The fourth-order valence-corrected chi connectivity index (χ4v) is 6.68. The molecule has 2 heterocycles. The minimum atomic E-state index is 0.139. The van der Waals surface area contributed by atoms with Gasteiger partial charge in [0.05, 0.1) is 0 Å². The van der Waals surface area contributed by atoms with Crippen molar-refractivity contribution in [3.8, 4) is 0 Å². The summed E-state index contributed by atoms with van der Waals surface area (Å²) in [6.07, 6.45) is 3.36. The van der Waals surface area contributed by atoms with E-state index in [4.69, 9.17) is 0 Å². The summed E-state index contributed by atoms with van der Waals surface area (Å²) in [5, 5.41) is 1.64. The third kappa shape index (κ3) is 4.36. The number of rotatable bonds is 2. The van der Waals surface area contributed by atoms with Crippen LogP contribution in [0, 0.1) is 0 Å². The van der Waals surface area contributed by atoms with Gasteiger partial charge in [-0.3, -0.25) is 4.79 Å². The van der Waals surface area contributed by atoms with Crippen LogP contribution in [0.3, 0.4) is 0 Å². The highest BCUT2D eigenvalue weighted by Crippen LogP contribution is 2.42. The summed E-state index contributed by atoms with van der Waals surface area (Å²) in [6, 6.07) is 29.1. The molecule has 0 bridgehead atoms. The second-order valence-corrected chi connectivity index (χ2v) is 10.4. The molecule has 0 saturated carbocycles. The third-order valence-corrected chi connectivity index (χ3v) is 8.64. The van der Waals surface area contributed by atoms with Gasteiger partial charge in [-0.1, -0.05) is 80.2 Å². The molecule has 1 aliphatic rings. The Bertz CT molecular complexity index is 1460. The lowest BCUT2D eigenvalue weighted by Gasteiger charge is -2.22. The van der Waals surface area contributed by atoms with E-state index in [1.54, 1.807) is 11.3 Å². The highest BCUT2D eigenvalue weighted by Gasteiger charge is 2.18. The van der Waals surface area contributed by atoms with Crippen LogP contribution >= 0.6 is 23.1 Å². The zero-order chi connectivity index (χ0) is 22.8. The summed E-state index contributed by atoms with van der Waals surface area (Å²) < 4.78 is 2.11. The lowest BCUT2D eigenvalue weighted by molar-refractivity contribution is 0.970. The molecular weight excluding hydrogens is 440 g/mol. The maximum absolute atomic E-state index is 12.1. The van der Waals surface area contributed by atoms with Crippen LogP contribution in [0.4, 0.5) is 0 Å². The Hall–Kier alpha value is -2.88. The number of hydrogen-bond donors (Lipinski definition) is 0. The monoisotopic (exact) mass is 466 g/mol. The van der Waals surface area contributed by atoms with Gasteiger partial charge in [0, 0.05) is 30.0 Å². The molecular formula is C30H26OS2. The second-order valence-electron chi connectivity index (χ2n) is 8.26. The lowest BCUT2D eigenvalue weighted by Crippen LogP contribution is -2.03. The SMILES string of the molecule is CCc1cc(CC)c2c(c1)Cc1ccccc1S2.O=c1c2ccccc2sc2ccccc12. The molecule has 0 saturated heterocycles. The van der Waals surface area contributed by atoms with Gasteiger partial charge in [0.2, 0.25) is 0 Å². The first-order chi connectivity index (χ1) is 16.2. The van der Waals surface area contributed by atoms with E-state index in [2.05, 4.69) is 50.2 Å². The van der Waals surface area contributed by atoms with E-state index in [0.717, 1.165) is 39.4 Å². The first-order valence-corrected chi connectivity index (χ1v) is 13.1. The van der Waals surface area contributed by atoms with Gasteiger partial charge in [-0.25, -0.2) is 0 Å². The molecule has 0 amide bonds. The Morgan fingerprint density at radius 3 is 2.03 bits per heavy atom. The Morgan fingerprint density at radius 1 is 0.727 bits per heavy atom. The molecule has 3 heteroatoms. The average Bonchev–Trinajstić information content (AvgIpc) is 2.87. The van der Waals surface area contributed by atoms with Crippen LogP contribution < -0.4 is 5.43 Å². The van der Waals surface area contributed by atoms with Crippen LogP contribution in [0.5, 0.6) is 0 Å². The summed E-state index contributed by atoms with van der Waals surface area (Å²) in [5.74, 6) is 0. The highest BCUT2D eigenvalue weighted by molar-refractivity contribution is 7.99. The standard InChI is InChI=1S/C17H18S.C13H8OS/c1-3-12-9-13(4-2)17-15(10-12)11-14-7-5-6-8-16(14)18-17;14-13-9-5-1-3-7-11(9)15-12-8-4-2-6-10(12)13/h5-10H,3-4,11H2,1-2H3;1-8H. The van der Waals surface area contributed by atoms with Gasteiger partial charge >= 0.3 is 0 Å². The lowest BCUT2D eigenvalue weighted by atomic mass is 9.97. The Morgan fingerprint density at radius 2 is 1.36 bits per heavy atom. The molecule has 0 fully saturated rings. The van der Waals surface area contributed by atoms with Crippen LogP contribution in [0.15, 0.2) is 99.5 Å². The minimum Gasteiger partial charge on any atom is -0.289 e. The van der Waals surface area contributed by atoms with E-state index in [1.807, 2.05) is 60.3 Å². The maximum atomic E-state index is 12.1. The molecule has 0 spiro atoms. The van der Waals surface area contributed by atoms with Gasteiger partial charge in [-0.15, -0.1) is 11.3 Å². The Kier molecular flexibility index (Phi) is 6.34. The molecule has 33 heavy (non-hydrogen) atoms. The van der Waals surface area contributed by atoms with Crippen molar-refractivity contribution in [2.75, 3.05) is 0 Å². The Balaban J connectivity index is 0.000000140. The smallest absolute Gasteiger partial charge is 0.195 e. The number of fused-ring (bicyclic) bond motifs is 4. The molecule has 1 aliphatic heterocycles. The summed E-state index contributed by atoms with van der Waals surface area (Å²) >= 11 is 3.62. The van der Waals surface area contributed by atoms with Crippen LogP contribution in [-0.4, -0.2) is 0 Å². The van der Waals surface area contributed by atoms with Crippen molar-refractivity contribution in [1.82, 2.24) is 0 Å². The Labute approximate surface area is 203 Å². The molecule has 6 rings (SSSR count). The minimum absolute atomic E-state index is 0.139. The topological polar surface area (TPSA) is 17.1 Å². The third-order valence-electron chi connectivity index (χ3n) is 6.14. The molecule has 1 nitrogen and oxygen atoms in total. The van der Waals surface area contributed by atoms with E-state index < -0.39 is 0 Å². The predicted molar refractivity (Wildman–Crippen MR) is 144 cm³/mol. The molecule has 5 aromatic rings. The second kappa shape index (κ2) is 9.54. The van der Waals surface area contributed by atoms with Gasteiger partial charge in [0.25, 0.3) is 0 Å². The molecule has 0 aliphatic carbocycles. The fourth-order valence-electron chi connectivity index (χ4n) is 4.37. The number of hydrogen-bond acceptors (Lipinski definition) is 3. The van der Waals surface area contributed by atoms with E-state index in [0.29, 0.717) is 0 Å². The van der Waals surface area contributed by atoms with Crippen molar-refractivity contribution in [3.63, 3.8) is 0 Å². The molecule has 4 aromatic carbocycles. The predicted octanol–water partition coefficient (Wildman–Crippen LogP) is 8.28. The van der Waals surface area contributed by atoms with Crippen molar-refractivity contribution in [1.29, 1.82) is 0 Å². The quantitative estimate of drug-likeness (QED) is 0.239. The summed E-state index contributed by atoms with van der Waals surface area (Å²) in [4.78, 5) is 15.0. The fraction of sp³-hybridized carbons (Fsp3) is 0.167. The highest BCUT2D eigenvalue weighted by atomic mass is 32.2. The van der Waals surface area contributed by atoms with Crippen molar-refractivity contribution in [2.45, 2.75) is 42.9 Å². The zero-order valence-electron chi connectivity index (χ0n) is 18.9. The largest absolute Gasteiger partial charge is 0.289 e. The first kappa shape index (κ1) is 21.9. The molecule has 0 N–H and O–H groups in total. The van der Waals surface area contributed by atoms with Crippen molar-refractivity contribution in [2.24, 2.45) is 0 Å². The molecule has 0 unspecified atom stereocenters. The maximum Gasteiger partial charge on any atom is 0.195 e. The van der Waals surface area contributed by atoms with E-state index in [9.17, 15) is 4.79 Å². The van der Waals surface area contributed by atoms with Crippen molar-refractivity contribution >= 4 is 43.3 Å². The zero-order valence-corrected chi connectivity index (χ0v) is 20.6. The van der Waals surface area contributed by atoms with Crippen LogP contribution in [0.25, 0.3) is 20.2 Å². The summed E-state index contributed by atoms with van der Waals surface area (Å²) in [6.45, 7) is 4.50. The molecule has 0 radical (unpaired) electrons. The van der Waals surface area contributed by atoms with E-state index >= 15 is 0 Å². The number of aryl methyl sites for hydroxylation is 2. The molecule has 1 aromatic heterocycles. The molecule has 0 atom stereocenters. The van der Waals surface area contributed by atoms with Crippen LogP contribution in [0.1, 0.15) is 36.1 Å². The normalized spacial score (nSPS) is 12.1. The van der Waals surface area contributed by atoms with Gasteiger partial charge < -0.3 is 0 Å². The summed E-state index contributed by atoms with van der Waals surface area (Å²) in [7, 11) is 0. The van der Waals surface area contributed by atoms with Gasteiger partial charge in [0.1, 0.15) is 0 Å². The average molecular weight is 467 g/mol. The van der Waals surface area contributed by atoms with Crippen LogP contribution in [0.2, 0.25) is 0 Å². The molecule has 164 valence electrons. The van der Waals surface area contributed by atoms with Gasteiger partial charge in [0.15, 0.2) is 5.43 Å². The summed E-state index contributed by atoms with van der Waals surface area (Å²) in [5.41, 5.74) is 6.13. The van der Waals surface area contributed by atoms with Crippen molar-refractivity contribution < 1.29 is 0 Å².